The van der Waals surface area contributed by atoms with E-state index in [0.29, 0.717) is 45.9 Å². The van der Waals surface area contributed by atoms with Gasteiger partial charge in [0, 0.05) is 190 Å². The predicted octanol–water partition coefficient (Wildman–Crippen LogP) is 16.2. The average Bonchev–Trinajstić information content (AvgIpc) is 1.62. The third kappa shape index (κ3) is 17.5. The molecule has 543 valence electrons. The van der Waals surface area contributed by atoms with E-state index in [1.54, 1.807) is 85.5 Å². The second-order valence-corrected chi connectivity index (χ2v) is 22.8. The summed E-state index contributed by atoms with van der Waals surface area (Å²) in [7, 11) is 6.01. The van der Waals surface area contributed by atoms with Crippen LogP contribution >= 0.6 is 0 Å². The molecule has 0 bridgehead atoms. The number of nitrogens with zero attached hydrogens (tertiary/aromatic N) is 18. The van der Waals surface area contributed by atoms with Crippen molar-refractivity contribution in [1.29, 1.82) is 0 Å². The number of hydrogen-bond donors (Lipinski definition) is 0. The Morgan fingerprint density at radius 3 is 1.08 bits per heavy atom. The summed E-state index contributed by atoms with van der Waals surface area (Å²) < 4.78 is 122. The van der Waals surface area contributed by atoms with E-state index in [2.05, 4.69) is 135 Å². The summed E-state index contributed by atoms with van der Waals surface area (Å²) in [5, 5.41) is 36.1. The molecule has 107 heavy (non-hydrogen) atoms. The van der Waals surface area contributed by atoms with Crippen molar-refractivity contribution in [2.45, 2.75) is 13.1 Å². The van der Waals surface area contributed by atoms with E-state index in [4.69, 9.17) is 0 Å². The van der Waals surface area contributed by atoms with Crippen LogP contribution in [0.5, 0.6) is 0 Å². The summed E-state index contributed by atoms with van der Waals surface area (Å²) in [5.74, 6) is -2.16. The van der Waals surface area contributed by atoms with Crippen LogP contribution in [0.15, 0.2) is 225 Å². The number of tetrazole rings is 1. The van der Waals surface area contributed by atoms with Crippen LogP contribution in [0.25, 0.3) is 134 Å². The molecular weight excluding hydrogens is 1920 g/mol. The number of benzene rings is 6. The fourth-order valence-corrected chi connectivity index (χ4v) is 11.2. The first kappa shape index (κ1) is 78.0. The number of pyridine rings is 6. The largest absolute Gasteiger partial charge is 0.573 e. The van der Waals surface area contributed by atoms with Gasteiger partial charge in [0.25, 0.3) is 0 Å². The molecule has 0 aliphatic heterocycles. The number of para-hydroxylation sites is 3. The quantitative estimate of drug-likeness (QED) is 0.112. The Balaban J connectivity index is 0.000000138. The molecule has 0 aliphatic rings. The van der Waals surface area contributed by atoms with Crippen LogP contribution < -0.4 is 15.3 Å². The number of aryl methyl sites for hydroxylation is 4. The maximum absolute atomic E-state index is 13.2. The maximum Gasteiger partial charge on any atom is 0.431 e. The van der Waals surface area contributed by atoms with Crippen molar-refractivity contribution in [1.82, 2.24) is 89.6 Å². The van der Waals surface area contributed by atoms with Crippen molar-refractivity contribution in [2.24, 2.45) is 21.1 Å². The molecule has 12 aromatic heterocycles. The molecule has 0 unspecified atom stereocenters. The van der Waals surface area contributed by atoms with Crippen LogP contribution in [0.4, 0.5) is 39.5 Å². The Morgan fingerprint density at radius 1 is 0.374 bits per heavy atom. The Labute approximate surface area is 642 Å². The van der Waals surface area contributed by atoms with Gasteiger partial charge in [-0.3, -0.25) is 56.7 Å². The number of aromatic nitrogens is 18. The van der Waals surface area contributed by atoms with Crippen LogP contribution in [0.3, 0.4) is 0 Å². The third-order valence-corrected chi connectivity index (χ3v) is 16.2. The molecule has 0 N–H and O–H groups in total. The molecule has 3 radical (unpaired) electrons. The van der Waals surface area contributed by atoms with Gasteiger partial charge in [0.2, 0.25) is 0 Å². The molecule has 30 heteroatoms. The standard InChI is InChI=1S/C16H10F3N4.C15H12N5.C13H9N6.3C11H6F2N.3Ir/c1-23-13-5-3-2-4-9(13)10-6-11(20-8-14(10)23)12-7-15(22-21-12)16(17,18)19;1-9-17-15(19-18-9)12-7-11-10-5-3-4-6-13(10)20(2)14(11)8-16-12;1-19-11-5-3-2-4-8(11)9-6-10(14-7-12(9)19)13-15-17-18-16-13;3*12-8-4-5-9(10(13)7-8)11-3-1-2-6-14-11;;;/h2-8H,1H3;3-8H,1-2H3;2-7H,1H3;3*1-4,6-7H;;;/q6*-1;;;. The summed E-state index contributed by atoms with van der Waals surface area (Å²) in [6.07, 6.45) is 5.49. The molecule has 18 rings (SSSR count). The molecule has 0 aliphatic carbocycles. The zero-order valence-electron chi connectivity index (χ0n) is 55.8. The summed E-state index contributed by atoms with van der Waals surface area (Å²) in [6, 6.07) is 59.7. The monoisotopic (exact) mass is 1980 g/mol. The van der Waals surface area contributed by atoms with Crippen molar-refractivity contribution < 1.29 is 99.8 Å². The van der Waals surface area contributed by atoms with Crippen molar-refractivity contribution in [2.75, 3.05) is 0 Å². The molecule has 0 spiro atoms. The minimum Gasteiger partial charge on any atom is -0.573 e. The van der Waals surface area contributed by atoms with E-state index in [9.17, 15) is 39.5 Å². The van der Waals surface area contributed by atoms with E-state index in [1.807, 2.05) is 98.6 Å². The van der Waals surface area contributed by atoms with Gasteiger partial charge < -0.3 is 54.0 Å². The molecule has 0 atom stereocenters. The van der Waals surface area contributed by atoms with Gasteiger partial charge in [0.05, 0.1) is 58.0 Å². The van der Waals surface area contributed by atoms with E-state index in [-0.39, 0.29) is 82.7 Å². The van der Waals surface area contributed by atoms with Crippen molar-refractivity contribution in [3.63, 3.8) is 0 Å². The Morgan fingerprint density at radius 2 is 0.748 bits per heavy atom. The van der Waals surface area contributed by atoms with Gasteiger partial charge in [-0.05, 0) is 90.5 Å². The number of halogens is 9. The van der Waals surface area contributed by atoms with Crippen molar-refractivity contribution in [3.8, 4) is 68.2 Å². The fraction of sp³-hybridized carbons (Fsp3) is 0.0649. The normalized spacial score (nSPS) is 10.8. The Bertz CT molecular complexity index is 5830. The summed E-state index contributed by atoms with van der Waals surface area (Å²) >= 11 is 0. The predicted molar refractivity (Wildman–Crippen MR) is 373 cm³/mol. The molecule has 0 saturated carbocycles. The minimum atomic E-state index is -4.51. The first-order chi connectivity index (χ1) is 50.3. The maximum atomic E-state index is 13.2. The smallest absolute Gasteiger partial charge is 0.431 e. The molecule has 6 aromatic carbocycles. The molecule has 0 saturated heterocycles. The number of fused-ring (bicyclic) bond motifs is 9. The van der Waals surface area contributed by atoms with Gasteiger partial charge in [-0.25, -0.2) is 0 Å². The zero-order chi connectivity index (χ0) is 72.6. The second kappa shape index (κ2) is 34.5. The summed E-state index contributed by atoms with van der Waals surface area (Å²) in [4.78, 5) is 29.2. The van der Waals surface area contributed by atoms with E-state index in [1.165, 1.54) is 21.8 Å². The Kier molecular flexibility index (Phi) is 25.1. The van der Waals surface area contributed by atoms with E-state index >= 15 is 0 Å². The summed E-state index contributed by atoms with van der Waals surface area (Å²) in [5.41, 5.74) is 9.33. The molecule has 18 aromatic rings. The molecule has 0 amide bonds. The van der Waals surface area contributed by atoms with Crippen LogP contribution in [0, 0.1) is 60.0 Å². The zero-order valence-corrected chi connectivity index (χ0v) is 63.0. The average molecular weight is 1970 g/mol. The number of hydrogen-bond acceptors (Lipinski definition) is 12. The first-order valence-corrected chi connectivity index (χ1v) is 31.3. The van der Waals surface area contributed by atoms with Crippen LogP contribution in [-0.2, 0) is 87.6 Å². The second-order valence-electron chi connectivity index (χ2n) is 22.8. The van der Waals surface area contributed by atoms with Crippen LogP contribution in [0.1, 0.15) is 11.5 Å². The number of rotatable bonds is 6. The van der Waals surface area contributed by atoms with Crippen LogP contribution in [-0.4, -0.2) is 74.3 Å². The Hall–Kier alpha value is -11.6. The number of alkyl halides is 3. The van der Waals surface area contributed by atoms with E-state index < -0.39 is 46.8 Å². The van der Waals surface area contributed by atoms with Gasteiger partial charge in [0.15, 0.2) is 0 Å². The molecule has 0 fully saturated rings. The minimum absolute atomic E-state index is 0. The van der Waals surface area contributed by atoms with Crippen molar-refractivity contribution in [3.05, 3.63) is 290 Å². The van der Waals surface area contributed by atoms with Crippen LogP contribution in [0.2, 0.25) is 0 Å². The van der Waals surface area contributed by atoms with Gasteiger partial charge in [0.1, 0.15) is 5.69 Å². The molecule has 18 nitrogen and oxygen atoms in total. The van der Waals surface area contributed by atoms with Gasteiger partial charge in [-0.1, -0.05) is 132 Å². The fourth-order valence-electron chi connectivity index (χ4n) is 11.2. The van der Waals surface area contributed by atoms with Gasteiger partial charge in [-0.15, -0.1) is 36.4 Å². The third-order valence-electron chi connectivity index (χ3n) is 16.2. The van der Waals surface area contributed by atoms with Gasteiger partial charge in [-0.2, -0.15) is 18.4 Å². The topological polar surface area (TPSA) is 212 Å². The molecular formula is C77H49F9Ir3N18-6. The summed E-state index contributed by atoms with van der Waals surface area (Å²) in [6.45, 7) is 1.83. The van der Waals surface area contributed by atoms with Crippen molar-refractivity contribution >= 4 is 65.4 Å². The first-order valence-electron chi connectivity index (χ1n) is 31.3. The van der Waals surface area contributed by atoms with E-state index in [0.717, 1.165) is 91.8 Å². The SMILES string of the molecule is Cc1n[n-]c(-c2cc3c4ccccc4n(C)c3cn2)n1.Cn1c2ccccc2c2cc(-c3cc(C(F)(F)F)n[n-]3)ncc21.Cn1c2ccccc2c2cc(-c3nnn[n-]3)ncc21.Fc1c[c-]c(-c2ccccn2)c(F)c1.Fc1c[c-]c(-c2ccccn2)c(F)c1.Fc1c[c-]c(-c2ccccn2)c(F)c1.[Ir].[Ir].[Ir]. The molecule has 12 heterocycles. The van der Waals surface area contributed by atoms with Gasteiger partial charge >= 0.3 is 6.18 Å².